The molecule has 0 aliphatic carbocycles. The number of methoxy groups -OCH3 is 1. The Hall–Kier alpha value is -3.02. The van der Waals surface area contributed by atoms with Crippen LogP contribution in [0, 0.1) is 0 Å². The molecule has 2 aromatic rings. The molecule has 154 valence electrons. The normalized spacial score (nSPS) is 14.4. The predicted molar refractivity (Wildman–Crippen MR) is 113 cm³/mol. The maximum absolute atomic E-state index is 12.6. The van der Waals surface area contributed by atoms with Gasteiger partial charge in [0.25, 0.3) is 5.91 Å². The molecular formula is C23H29N3O3. The van der Waals surface area contributed by atoms with Crippen LogP contribution in [0.2, 0.25) is 0 Å². The minimum atomic E-state index is -0.155. The van der Waals surface area contributed by atoms with Gasteiger partial charge in [-0.05, 0) is 55.2 Å². The van der Waals surface area contributed by atoms with E-state index < -0.39 is 0 Å². The summed E-state index contributed by atoms with van der Waals surface area (Å²) in [6, 6.07) is 14.9. The molecule has 1 heterocycles. The summed E-state index contributed by atoms with van der Waals surface area (Å²) in [5.74, 6) is 0.858. The first-order valence-corrected chi connectivity index (χ1v) is 10.0. The summed E-state index contributed by atoms with van der Waals surface area (Å²) < 4.78 is 5.26. The topological polar surface area (TPSA) is 61.9 Å². The molecular weight excluding hydrogens is 366 g/mol. The second-order valence-corrected chi connectivity index (χ2v) is 7.42. The van der Waals surface area contributed by atoms with Crippen molar-refractivity contribution < 1.29 is 14.3 Å². The first-order chi connectivity index (χ1) is 14.0. The summed E-state index contributed by atoms with van der Waals surface area (Å²) in [5, 5.41) is 2.94. The van der Waals surface area contributed by atoms with Crippen LogP contribution in [0.3, 0.4) is 0 Å². The van der Waals surface area contributed by atoms with Crippen LogP contribution in [0.15, 0.2) is 48.5 Å². The third-order valence-electron chi connectivity index (χ3n) is 5.52. The van der Waals surface area contributed by atoms with Crippen molar-refractivity contribution in [3.63, 3.8) is 0 Å². The number of likely N-dealkylation sites (tertiary alicyclic amines) is 1. The summed E-state index contributed by atoms with van der Waals surface area (Å²) in [7, 11) is 3.40. The monoisotopic (exact) mass is 395 g/mol. The van der Waals surface area contributed by atoms with E-state index in [0.717, 1.165) is 42.8 Å². The highest BCUT2D eigenvalue weighted by molar-refractivity contribution is 5.94. The van der Waals surface area contributed by atoms with Gasteiger partial charge in [-0.1, -0.05) is 24.3 Å². The molecule has 1 saturated heterocycles. The molecule has 3 rings (SSSR count). The van der Waals surface area contributed by atoms with Crippen molar-refractivity contribution in [2.75, 3.05) is 27.2 Å². The standard InChI is InChI=1S/C23H29N3O3/c1-17(20-7-6-8-21(15-20)29-3)25(2)23(28)24-16-18-9-11-19(12-10-18)22(27)26-13-4-5-14-26/h6-12,15,17H,4-5,13-14,16H2,1-3H3,(H,24,28). The van der Waals surface area contributed by atoms with Gasteiger partial charge in [-0.2, -0.15) is 0 Å². The van der Waals surface area contributed by atoms with Gasteiger partial charge >= 0.3 is 6.03 Å². The molecule has 1 fully saturated rings. The third kappa shape index (κ3) is 5.08. The number of nitrogens with one attached hydrogen (secondary N) is 1. The van der Waals surface area contributed by atoms with Gasteiger partial charge in [0.2, 0.25) is 0 Å². The largest absolute Gasteiger partial charge is 0.497 e. The lowest BCUT2D eigenvalue weighted by molar-refractivity contribution is 0.0792. The fourth-order valence-electron chi connectivity index (χ4n) is 3.47. The Bertz CT molecular complexity index is 845. The highest BCUT2D eigenvalue weighted by atomic mass is 16.5. The second-order valence-electron chi connectivity index (χ2n) is 7.42. The molecule has 2 aromatic carbocycles. The second kappa shape index (κ2) is 9.45. The summed E-state index contributed by atoms with van der Waals surface area (Å²) in [6.07, 6.45) is 2.16. The number of hydrogen-bond donors (Lipinski definition) is 1. The number of hydrogen-bond acceptors (Lipinski definition) is 3. The lowest BCUT2D eigenvalue weighted by Gasteiger charge is -2.26. The summed E-state index contributed by atoms with van der Waals surface area (Å²) in [5.41, 5.74) is 2.66. The van der Waals surface area contributed by atoms with Crippen LogP contribution in [-0.4, -0.2) is 49.0 Å². The smallest absolute Gasteiger partial charge is 0.317 e. The Morgan fingerprint density at radius 3 is 2.48 bits per heavy atom. The first-order valence-electron chi connectivity index (χ1n) is 10.0. The van der Waals surface area contributed by atoms with Crippen molar-refractivity contribution in [3.05, 3.63) is 65.2 Å². The molecule has 1 aliphatic heterocycles. The van der Waals surface area contributed by atoms with Crippen molar-refractivity contribution >= 4 is 11.9 Å². The molecule has 3 amide bonds. The summed E-state index contributed by atoms with van der Waals surface area (Å²) >= 11 is 0. The molecule has 0 spiro atoms. The average Bonchev–Trinajstić information content (AvgIpc) is 3.31. The Balaban J connectivity index is 1.54. The molecule has 1 unspecified atom stereocenters. The highest BCUT2D eigenvalue weighted by Gasteiger charge is 2.20. The third-order valence-corrected chi connectivity index (χ3v) is 5.52. The fraction of sp³-hybridized carbons (Fsp3) is 0.391. The molecule has 1 atom stereocenters. The van der Waals surface area contributed by atoms with E-state index in [1.807, 2.05) is 60.4 Å². The van der Waals surface area contributed by atoms with Crippen molar-refractivity contribution in [3.8, 4) is 5.75 Å². The SMILES string of the molecule is COc1cccc(C(C)N(C)C(=O)NCc2ccc(C(=O)N3CCCC3)cc2)c1. The van der Waals surface area contributed by atoms with Gasteiger partial charge in [0.1, 0.15) is 5.75 Å². The van der Waals surface area contributed by atoms with Gasteiger partial charge in [-0.15, -0.1) is 0 Å². The van der Waals surface area contributed by atoms with Crippen molar-refractivity contribution in [2.24, 2.45) is 0 Å². The van der Waals surface area contributed by atoms with E-state index in [-0.39, 0.29) is 18.0 Å². The van der Waals surface area contributed by atoms with Crippen molar-refractivity contribution in [1.29, 1.82) is 0 Å². The molecule has 0 bridgehead atoms. The number of amides is 3. The average molecular weight is 396 g/mol. The zero-order chi connectivity index (χ0) is 20.8. The summed E-state index contributed by atoms with van der Waals surface area (Å²) in [4.78, 5) is 28.5. The van der Waals surface area contributed by atoms with Crippen molar-refractivity contribution in [1.82, 2.24) is 15.1 Å². The number of carbonyl (C=O) groups excluding carboxylic acids is 2. The van der Waals surface area contributed by atoms with Crippen molar-refractivity contribution in [2.45, 2.75) is 32.4 Å². The van der Waals surface area contributed by atoms with E-state index in [2.05, 4.69) is 5.32 Å². The van der Waals surface area contributed by atoms with Crippen LogP contribution in [0.5, 0.6) is 5.75 Å². The molecule has 0 aromatic heterocycles. The lowest BCUT2D eigenvalue weighted by Crippen LogP contribution is -2.38. The number of ether oxygens (including phenoxy) is 1. The van der Waals surface area contributed by atoms with Crippen LogP contribution >= 0.6 is 0 Å². The zero-order valence-corrected chi connectivity index (χ0v) is 17.4. The van der Waals surface area contributed by atoms with E-state index in [9.17, 15) is 9.59 Å². The Morgan fingerprint density at radius 2 is 1.83 bits per heavy atom. The van der Waals surface area contributed by atoms with E-state index in [1.165, 1.54) is 0 Å². The van der Waals surface area contributed by atoms with Crippen LogP contribution in [0.1, 0.15) is 47.3 Å². The van der Waals surface area contributed by atoms with E-state index in [0.29, 0.717) is 12.1 Å². The van der Waals surface area contributed by atoms with E-state index in [4.69, 9.17) is 4.74 Å². The molecule has 0 saturated carbocycles. The molecule has 6 heteroatoms. The van der Waals surface area contributed by atoms with E-state index in [1.54, 1.807) is 19.1 Å². The van der Waals surface area contributed by atoms with Gasteiger partial charge in [0, 0.05) is 32.2 Å². The highest BCUT2D eigenvalue weighted by Crippen LogP contribution is 2.23. The molecule has 0 radical (unpaired) electrons. The van der Waals surface area contributed by atoms with Crippen LogP contribution in [0.25, 0.3) is 0 Å². The molecule has 1 aliphatic rings. The maximum Gasteiger partial charge on any atom is 0.317 e. The number of nitrogens with zero attached hydrogens (tertiary/aromatic N) is 2. The Morgan fingerprint density at radius 1 is 1.14 bits per heavy atom. The first kappa shape index (κ1) is 20.7. The van der Waals surface area contributed by atoms with Crippen LogP contribution in [-0.2, 0) is 6.54 Å². The Kier molecular flexibility index (Phi) is 6.75. The van der Waals surface area contributed by atoms with Gasteiger partial charge < -0.3 is 19.9 Å². The minimum Gasteiger partial charge on any atom is -0.497 e. The fourth-order valence-corrected chi connectivity index (χ4v) is 3.47. The van der Waals surface area contributed by atoms with Crippen LogP contribution < -0.4 is 10.1 Å². The van der Waals surface area contributed by atoms with E-state index >= 15 is 0 Å². The quantitative estimate of drug-likeness (QED) is 0.809. The predicted octanol–water partition coefficient (Wildman–Crippen LogP) is 3.83. The molecule has 1 N–H and O–H groups in total. The maximum atomic E-state index is 12.6. The number of rotatable bonds is 6. The van der Waals surface area contributed by atoms with Crippen LogP contribution in [0.4, 0.5) is 4.79 Å². The minimum absolute atomic E-state index is 0.0879. The summed E-state index contributed by atoms with van der Waals surface area (Å²) in [6.45, 7) is 4.07. The number of benzene rings is 2. The lowest BCUT2D eigenvalue weighted by atomic mass is 10.1. The molecule has 29 heavy (non-hydrogen) atoms. The van der Waals surface area contributed by atoms with Gasteiger partial charge in [-0.3, -0.25) is 4.79 Å². The Labute approximate surface area is 172 Å². The molecule has 6 nitrogen and oxygen atoms in total. The number of carbonyl (C=O) groups is 2. The van der Waals surface area contributed by atoms with Gasteiger partial charge in [0.15, 0.2) is 0 Å². The van der Waals surface area contributed by atoms with Gasteiger partial charge in [-0.25, -0.2) is 4.79 Å². The van der Waals surface area contributed by atoms with Gasteiger partial charge in [0.05, 0.1) is 13.2 Å². The number of urea groups is 1. The zero-order valence-electron chi connectivity index (χ0n) is 17.4.